The Morgan fingerprint density at radius 3 is 2.86 bits per heavy atom. The molecule has 2 rings (SSSR count). The second-order valence-electron chi connectivity index (χ2n) is 4.94. The van der Waals surface area contributed by atoms with Gasteiger partial charge in [0.1, 0.15) is 5.75 Å². The standard InChI is InChI=1S/C15H20N2O4/c1-10(18)17-13-8-11(5-6-14(13)20-2)15(19)16-9-12-4-3-7-21-12/h5-6,8,12H,3-4,7,9H2,1-2H3,(H,16,19)(H,17,18). The van der Waals surface area contributed by atoms with E-state index in [1.54, 1.807) is 18.2 Å². The highest BCUT2D eigenvalue weighted by Crippen LogP contribution is 2.25. The van der Waals surface area contributed by atoms with E-state index in [2.05, 4.69) is 10.6 Å². The van der Waals surface area contributed by atoms with Crippen LogP contribution in [0.1, 0.15) is 30.1 Å². The predicted octanol–water partition coefficient (Wildman–Crippen LogP) is 1.56. The predicted molar refractivity (Wildman–Crippen MR) is 78.6 cm³/mol. The van der Waals surface area contributed by atoms with E-state index in [1.807, 2.05) is 0 Å². The van der Waals surface area contributed by atoms with E-state index in [9.17, 15) is 9.59 Å². The molecule has 2 N–H and O–H groups in total. The highest BCUT2D eigenvalue weighted by atomic mass is 16.5. The summed E-state index contributed by atoms with van der Waals surface area (Å²) in [6.45, 7) is 2.67. The van der Waals surface area contributed by atoms with E-state index in [-0.39, 0.29) is 17.9 Å². The molecule has 1 unspecified atom stereocenters. The Balaban J connectivity index is 2.03. The van der Waals surface area contributed by atoms with Gasteiger partial charge in [0.25, 0.3) is 5.91 Å². The lowest BCUT2D eigenvalue weighted by atomic mass is 10.1. The van der Waals surface area contributed by atoms with Crippen LogP contribution < -0.4 is 15.4 Å². The minimum atomic E-state index is -0.217. The topological polar surface area (TPSA) is 76.7 Å². The third-order valence-corrected chi connectivity index (χ3v) is 3.29. The van der Waals surface area contributed by atoms with Crippen molar-refractivity contribution in [3.8, 4) is 5.75 Å². The third kappa shape index (κ3) is 4.19. The number of benzene rings is 1. The smallest absolute Gasteiger partial charge is 0.251 e. The molecule has 1 aromatic rings. The maximum absolute atomic E-state index is 12.1. The highest BCUT2D eigenvalue weighted by Gasteiger charge is 2.17. The number of carbonyl (C=O) groups excluding carboxylic acids is 2. The van der Waals surface area contributed by atoms with Gasteiger partial charge in [-0.3, -0.25) is 9.59 Å². The van der Waals surface area contributed by atoms with Crippen LogP contribution in [0.15, 0.2) is 18.2 Å². The van der Waals surface area contributed by atoms with Crippen LogP contribution in [-0.4, -0.2) is 38.2 Å². The van der Waals surface area contributed by atoms with Gasteiger partial charge in [-0.1, -0.05) is 0 Å². The lowest BCUT2D eigenvalue weighted by Gasteiger charge is -2.13. The summed E-state index contributed by atoms with van der Waals surface area (Å²) < 4.78 is 10.6. The van der Waals surface area contributed by atoms with Crippen molar-refractivity contribution in [3.05, 3.63) is 23.8 Å². The SMILES string of the molecule is COc1ccc(C(=O)NCC2CCCO2)cc1NC(C)=O. The first-order valence-corrected chi connectivity index (χ1v) is 6.95. The van der Waals surface area contributed by atoms with Crippen molar-refractivity contribution in [1.29, 1.82) is 0 Å². The first kappa shape index (κ1) is 15.3. The van der Waals surface area contributed by atoms with E-state index in [1.165, 1.54) is 14.0 Å². The van der Waals surface area contributed by atoms with Crippen molar-refractivity contribution >= 4 is 17.5 Å². The zero-order valence-electron chi connectivity index (χ0n) is 12.3. The molecule has 0 radical (unpaired) electrons. The van der Waals surface area contributed by atoms with Gasteiger partial charge in [0.2, 0.25) is 5.91 Å². The van der Waals surface area contributed by atoms with Crippen LogP contribution in [0, 0.1) is 0 Å². The number of amides is 2. The lowest BCUT2D eigenvalue weighted by Crippen LogP contribution is -2.31. The Kier molecular flexibility index (Phi) is 5.16. The molecule has 2 amide bonds. The molecular formula is C15H20N2O4. The number of hydrogen-bond donors (Lipinski definition) is 2. The summed E-state index contributed by atoms with van der Waals surface area (Å²) in [6, 6.07) is 4.92. The fraction of sp³-hybridized carbons (Fsp3) is 0.467. The molecule has 0 bridgehead atoms. The number of methoxy groups -OCH3 is 1. The number of ether oxygens (including phenoxy) is 2. The van der Waals surface area contributed by atoms with Crippen molar-refractivity contribution in [2.45, 2.75) is 25.9 Å². The van der Waals surface area contributed by atoms with Gasteiger partial charge < -0.3 is 20.1 Å². The second-order valence-corrected chi connectivity index (χ2v) is 4.94. The lowest BCUT2D eigenvalue weighted by molar-refractivity contribution is -0.114. The molecule has 0 spiro atoms. The van der Waals surface area contributed by atoms with E-state index < -0.39 is 0 Å². The van der Waals surface area contributed by atoms with Gasteiger partial charge >= 0.3 is 0 Å². The minimum absolute atomic E-state index is 0.0991. The molecule has 6 nitrogen and oxygen atoms in total. The molecule has 1 aliphatic rings. The number of hydrogen-bond acceptors (Lipinski definition) is 4. The Labute approximate surface area is 123 Å². The van der Waals surface area contributed by atoms with Gasteiger partial charge in [0.15, 0.2) is 0 Å². The molecule has 1 aromatic carbocycles. The summed E-state index contributed by atoms with van der Waals surface area (Å²) in [4.78, 5) is 23.3. The second kappa shape index (κ2) is 7.08. The van der Waals surface area contributed by atoms with E-state index in [0.717, 1.165) is 19.4 Å². The first-order chi connectivity index (χ1) is 10.1. The largest absolute Gasteiger partial charge is 0.495 e. The highest BCUT2D eigenvalue weighted by molar-refractivity contribution is 5.97. The first-order valence-electron chi connectivity index (χ1n) is 6.95. The Bertz CT molecular complexity index is 524. The molecule has 0 saturated carbocycles. The van der Waals surface area contributed by atoms with Crippen molar-refractivity contribution < 1.29 is 19.1 Å². The zero-order valence-corrected chi connectivity index (χ0v) is 12.3. The molecule has 114 valence electrons. The number of carbonyl (C=O) groups is 2. The monoisotopic (exact) mass is 292 g/mol. The summed E-state index contributed by atoms with van der Waals surface area (Å²) in [5.41, 5.74) is 0.951. The number of nitrogens with one attached hydrogen (secondary N) is 2. The number of rotatable bonds is 5. The maximum Gasteiger partial charge on any atom is 0.251 e. The molecule has 0 aliphatic carbocycles. The molecule has 0 aromatic heterocycles. The van der Waals surface area contributed by atoms with Crippen molar-refractivity contribution in [2.24, 2.45) is 0 Å². The van der Waals surface area contributed by atoms with Crippen LogP contribution in [-0.2, 0) is 9.53 Å². The van der Waals surface area contributed by atoms with Crippen LogP contribution >= 0.6 is 0 Å². The minimum Gasteiger partial charge on any atom is -0.495 e. The molecule has 1 aliphatic heterocycles. The third-order valence-electron chi connectivity index (χ3n) is 3.29. The molecule has 1 saturated heterocycles. The average Bonchev–Trinajstić information content (AvgIpc) is 2.97. The van der Waals surface area contributed by atoms with Crippen LogP contribution in [0.25, 0.3) is 0 Å². The van der Waals surface area contributed by atoms with Crippen LogP contribution in [0.4, 0.5) is 5.69 Å². The fourth-order valence-corrected chi connectivity index (χ4v) is 2.25. The molecule has 1 atom stereocenters. The molecule has 1 heterocycles. The normalized spacial score (nSPS) is 17.3. The number of anilines is 1. The van der Waals surface area contributed by atoms with Gasteiger partial charge in [-0.05, 0) is 31.0 Å². The Morgan fingerprint density at radius 1 is 1.43 bits per heavy atom. The van der Waals surface area contributed by atoms with Crippen LogP contribution in [0.5, 0.6) is 5.75 Å². The summed E-state index contributed by atoms with van der Waals surface area (Å²) in [5, 5.41) is 5.49. The van der Waals surface area contributed by atoms with Gasteiger partial charge in [0, 0.05) is 25.6 Å². The van der Waals surface area contributed by atoms with E-state index in [4.69, 9.17) is 9.47 Å². The quantitative estimate of drug-likeness (QED) is 0.863. The van der Waals surface area contributed by atoms with Gasteiger partial charge in [-0.15, -0.1) is 0 Å². The van der Waals surface area contributed by atoms with Gasteiger partial charge in [-0.2, -0.15) is 0 Å². The van der Waals surface area contributed by atoms with Crippen molar-refractivity contribution in [1.82, 2.24) is 5.32 Å². The molecule has 6 heteroatoms. The van der Waals surface area contributed by atoms with Gasteiger partial charge in [-0.25, -0.2) is 0 Å². The zero-order chi connectivity index (χ0) is 15.2. The molecule has 21 heavy (non-hydrogen) atoms. The average molecular weight is 292 g/mol. The summed E-state index contributed by atoms with van der Waals surface area (Å²) >= 11 is 0. The summed E-state index contributed by atoms with van der Waals surface area (Å²) in [5.74, 6) is 0.103. The van der Waals surface area contributed by atoms with Gasteiger partial charge in [0.05, 0.1) is 18.9 Å². The summed E-state index contributed by atoms with van der Waals surface area (Å²) in [6.07, 6.45) is 2.11. The van der Waals surface area contributed by atoms with Crippen molar-refractivity contribution in [2.75, 3.05) is 25.6 Å². The Hall–Kier alpha value is -2.08. The maximum atomic E-state index is 12.1. The summed E-state index contributed by atoms with van der Waals surface area (Å²) in [7, 11) is 1.51. The molecular weight excluding hydrogens is 272 g/mol. The molecule has 1 fully saturated rings. The van der Waals surface area contributed by atoms with Crippen LogP contribution in [0.3, 0.4) is 0 Å². The fourth-order valence-electron chi connectivity index (χ4n) is 2.25. The van der Waals surface area contributed by atoms with E-state index in [0.29, 0.717) is 23.5 Å². The Morgan fingerprint density at radius 2 is 2.24 bits per heavy atom. The van der Waals surface area contributed by atoms with E-state index >= 15 is 0 Å². The van der Waals surface area contributed by atoms with Crippen LogP contribution in [0.2, 0.25) is 0 Å². The van der Waals surface area contributed by atoms with Crippen molar-refractivity contribution in [3.63, 3.8) is 0 Å².